The van der Waals surface area contributed by atoms with Crippen LogP contribution in [0.2, 0.25) is 0 Å². The minimum atomic E-state index is -1.00. The second kappa shape index (κ2) is 4.84. The van der Waals surface area contributed by atoms with Crippen LogP contribution >= 0.6 is 11.8 Å². The predicted octanol–water partition coefficient (Wildman–Crippen LogP) is 1.89. The number of aromatic carboxylic acids is 1. The summed E-state index contributed by atoms with van der Waals surface area (Å²) in [5.41, 5.74) is 0.544. The summed E-state index contributed by atoms with van der Waals surface area (Å²) in [7, 11) is 1.28. The van der Waals surface area contributed by atoms with Gasteiger partial charge in [0.1, 0.15) is 0 Å². The van der Waals surface area contributed by atoms with Gasteiger partial charge >= 0.3 is 11.9 Å². The van der Waals surface area contributed by atoms with Gasteiger partial charge in [-0.15, -0.1) is 11.8 Å². The second-order valence-electron chi connectivity index (χ2n) is 2.71. The van der Waals surface area contributed by atoms with E-state index in [1.165, 1.54) is 37.1 Å². The third kappa shape index (κ3) is 2.50. The quantitative estimate of drug-likeness (QED) is 0.630. The first-order valence-corrected chi connectivity index (χ1v) is 5.32. The van der Waals surface area contributed by atoms with Crippen molar-refractivity contribution in [2.45, 2.75) is 4.90 Å². The number of rotatable bonds is 3. The summed E-state index contributed by atoms with van der Waals surface area (Å²) < 4.78 is 4.54. The van der Waals surface area contributed by atoms with Crippen LogP contribution in [0.1, 0.15) is 20.7 Å². The SMILES string of the molecule is COC(=O)c1ccc(C(=O)O)c(SC)c1. The Balaban J connectivity index is 3.19. The summed E-state index contributed by atoms with van der Waals surface area (Å²) in [4.78, 5) is 22.5. The monoisotopic (exact) mass is 226 g/mol. The Morgan fingerprint density at radius 3 is 2.53 bits per heavy atom. The number of thioether (sulfide) groups is 1. The normalized spacial score (nSPS) is 9.73. The van der Waals surface area contributed by atoms with E-state index in [1.807, 2.05) is 0 Å². The highest BCUT2D eigenvalue weighted by Gasteiger charge is 2.13. The van der Waals surface area contributed by atoms with Gasteiger partial charge in [-0.2, -0.15) is 0 Å². The first-order chi connectivity index (χ1) is 7.10. The van der Waals surface area contributed by atoms with Crippen LogP contribution in [0, 0.1) is 0 Å². The zero-order valence-electron chi connectivity index (χ0n) is 8.31. The van der Waals surface area contributed by atoms with Crippen molar-refractivity contribution in [2.75, 3.05) is 13.4 Å². The molecule has 0 saturated heterocycles. The van der Waals surface area contributed by atoms with Gasteiger partial charge in [-0.3, -0.25) is 0 Å². The lowest BCUT2D eigenvalue weighted by Gasteiger charge is -2.05. The molecule has 0 aliphatic rings. The summed E-state index contributed by atoms with van der Waals surface area (Å²) in [5, 5.41) is 8.85. The van der Waals surface area contributed by atoms with Crippen molar-refractivity contribution in [3.8, 4) is 0 Å². The van der Waals surface area contributed by atoms with Gasteiger partial charge in [0.25, 0.3) is 0 Å². The Morgan fingerprint density at radius 1 is 1.40 bits per heavy atom. The maximum absolute atomic E-state index is 11.2. The van der Waals surface area contributed by atoms with Gasteiger partial charge in [0, 0.05) is 4.90 Å². The molecule has 0 saturated carbocycles. The van der Waals surface area contributed by atoms with E-state index in [1.54, 1.807) is 6.26 Å². The zero-order valence-corrected chi connectivity index (χ0v) is 9.13. The molecule has 0 aromatic heterocycles. The van der Waals surface area contributed by atoms with Crippen LogP contribution in [0.5, 0.6) is 0 Å². The molecule has 0 unspecified atom stereocenters. The number of hydrogen-bond donors (Lipinski definition) is 1. The first-order valence-electron chi connectivity index (χ1n) is 4.09. The van der Waals surface area contributed by atoms with E-state index in [0.29, 0.717) is 10.5 Å². The predicted molar refractivity (Wildman–Crippen MR) is 56.5 cm³/mol. The zero-order chi connectivity index (χ0) is 11.4. The van der Waals surface area contributed by atoms with Gasteiger partial charge in [-0.05, 0) is 24.5 Å². The van der Waals surface area contributed by atoms with Crippen molar-refractivity contribution in [3.63, 3.8) is 0 Å². The molecule has 1 rings (SSSR count). The van der Waals surface area contributed by atoms with Crippen molar-refractivity contribution in [2.24, 2.45) is 0 Å². The molecule has 5 heteroatoms. The van der Waals surface area contributed by atoms with Crippen molar-refractivity contribution in [3.05, 3.63) is 29.3 Å². The van der Waals surface area contributed by atoms with Crippen LogP contribution in [-0.2, 0) is 4.74 Å². The molecule has 0 atom stereocenters. The fraction of sp³-hybridized carbons (Fsp3) is 0.200. The number of carboxylic acid groups (broad SMARTS) is 1. The molecule has 0 bridgehead atoms. The molecular formula is C10H10O4S. The standard InChI is InChI=1S/C10H10O4S/c1-14-10(13)6-3-4-7(9(11)12)8(5-6)15-2/h3-5H,1-2H3,(H,11,12). The van der Waals surface area contributed by atoms with E-state index < -0.39 is 11.9 Å². The molecule has 80 valence electrons. The van der Waals surface area contributed by atoms with Gasteiger partial charge in [-0.25, -0.2) is 9.59 Å². The molecule has 4 nitrogen and oxygen atoms in total. The number of carboxylic acids is 1. The molecule has 0 aliphatic carbocycles. The van der Waals surface area contributed by atoms with Crippen molar-refractivity contribution >= 4 is 23.7 Å². The lowest BCUT2D eigenvalue weighted by Crippen LogP contribution is -2.04. The maximum Gasteiger partial charge on any atom is 0.337 e. The molecule has 1 N–H and O–H groups in total. The summed E-state index contributed by atoms with van der Waals surface area (Å²) in [5.74, 6) is -1.47. The van der Waals surface area contributed by atoms with Crippen molar-refractivity contribution in [1.82, 2.24) is 0 Å². The maximum atomic E-state index is 11.2. The molecule has 0 radical (unpaired) electrons. The smallest absolute Gasteiger partial charge is 0.337 e. The Labute approximate surface area is 91.2 Å². The van der Waals surface area contributed by atoms with E-state index in [9.17, 15) is 9.59 Å². The van der Waals surface area contributed by atoms with Crippen LogP contribution in [0.3, 0.4) is 0 Å². The van der Waals surface area contributed by atoms with Crippen LogP contribution in [0.25, 0.3) is 0 Å². The summed E-state index contributed by atoms with van der Waals surface area (Å²) >= 11 is 1.28. The van der Waals surface area contributed by atoms with E-state index >= 15 is 0 Å². The highest BCUT2D eigenvalue weighted by atomic mass is 32.2. The average molecular weight is 226 g/mol. The van der Waals surface area contributed by atoms with Crippen molar-refractivity contribution in [1.29, 1.82) is 0 Å². The number of esters is 1. The topological polar surface area (TPSA) is 63.6 Å². The van der Waals surface area contributed by atoms with Crippen LogP contribution in [0.4, 0.5) is 0 Å². The molecule has 0 spiro atoms. The number of ether oxygens (including phenoxy) is 1. The minimum Gasteiger partial charge on any atom is -0.478 e. The summed E-state index contributed by atoms with van der Waals surface area (Å²) in [6.45, 7) is 0. The van der Waals surface area contributed by atoms with E-state index in [2.05, 4.69) is 4.74 Å². The molecule has 15 heavy (non-hydrogen) atoms. The van der Waals surface area contributed by atoms with Gasteiger partial charge in [0.2, 0.25) is 0 Å². The Kier molecular flexibility index (Phi) is 3.74. The molecule has 0 amide bonds. The van der Waals surface area contributed by atoms with Crippen molar-refractivity contribution < 1.29 is 19.4 Å². The molecule has 1 aromatic rings. The van der Waals surface area contributed by atoms with Crippen LogP contribution < -0.4 is 0 Å². The molecule has 0 heterocycles. The molecule has 0 aliphatic heterocycles. The molecular weight excluding hydrogens is 216 g/mol. The largest absolute Gasteiger partial charge is 0.478 e. The Bertz CT molecular complexity index is 400. The second-order valence-corrected chi connectivity index (χ2v) is 3.56. The van der Waals surface area contributed by atoms with Gasteiger partial charge in [0.05, 0.1) is 18.2 Å². The lowest BCUT2D eigenvalue weighted by atomic mass is 10.1. The molecule has 1 aromatic carbocycles. The minimum absolute atomic E-state index is 0.190. The summed E-state index contributed by atoms with van der Waals surface area (Å²) in [6, 6.07) is 4.36. The number of benzene rings is 1. The van der Waals surface area contributed by atoms with Gasteiger partial charge in [-0.1, -0.05) is 0 Å². The number of carbonyl (C=O) groups is 2. The Hall–Kier alpha value is -1.49. The van der Waals surface area contributed by atoms with Crippen LogP contribution in [-0.4, -0.2) is 30.4 Å². The fourth-order valence-corrected chi connectivity index (χ4v) is 1.73. The fourth-order valence-electron chi connectivity index (χ4n) is 1.11. The average Bonchev–Trinajstić information content (AvgIpc) is 2.26. The third-order valence-electron chi connectivity index (χ3n) is 1.85. The Morgan fingerprint density at radius 2 is 2.07 bits per heavy atom. The van der Waals surface area contributed by atoms with E-state index in [0.717, 1.165) is 0 Å². The summed E-state index contributed by atoms with van der Waals surface area (Å²) in [6.07, 6.45) is 1.75. The third-order valence-corrected chi connectivity index (χ3v) is 2.63. The first kappa shape index (κ1) is 11.6. The van der Waals surface area contributed by atoms with Gasteiger partial charge < -0.3 is 9.84 Å². The number of carbonyl (C=O) groups excluding carboxylic acids is 1. The highest BCUT2D eigenvalue weighted by Crippen LogP contribution is 2.22. The van der Waals surface area contributed by atoms with Crippen LogP contribution in [0.15, 0.2) is 23.1 Å². The number of methoxy groups -OCH3 is 1. The lowest BCUT2D eigenvalue weighted by molar-refractivity contribution is 0.0598. The number of hydrogen-bond acceptors (Lipinski definition) is 4. The highest BCUT2D eigenvalue weighted by molar-refractivity contribution is 7.98. The van der Waals surface area contributed by atoms with E-state index in [4.69, 9.17) is 5.11 Å². The molecule has 0 fully saturated rings. The van der Waals surface area contributed by atoms with E-state index in [-0.39, 0.29) is 5.56 Å². The van der Waals surface area contributed by atoms with Gasteiger partial charge in [0.15, 0.2) is 0 Å².